The molecule has 2 N–H and O–H groups in total. The van der Waals surface area contributed by atoms with Crippen LogP contribution in [0.15, 0.2) is 18.3 Å². The number of aromatic nitrogens is 1. The van der Waals surface area contributed by atoms with Gasteiger partial charge in [-0.1, -0.05) is 0 Å². The molecular formula is C20H26N4O4. The molecule has 0 bridgehead atoms. The smallest absolute Gasteiger partial charge is 0.290 e. The molecule has 2 aliphatic heterocycles. The van der Waals surface area contributed by atoms with Gasteiger partial charge in [0, 0.05) is 30.9 Å². The van der Waals surface area contributed by atoms with Gasteiger partial charge in [0.25, 0.3) is 12.4 Å². The van der Waals surface area contributed by atoms with Crippen LogP contribution in [-0.4, -0.2) is 75.7 Å². The summed E-state index contributed by atoms with van der Waals surface area (Å²) in [5.74, 6) is 0.825. The first-order chi connectivity index (χ1) is 13.6. The molecule has 0 unspecified atom stereocenters. The summed E-state index contributed by atoms with van der Waals surface area (Å²) in [6.45, 7) is 3.40. The Morgan fingerprint density at radius 1 is 1.25 bits per heavy atom. The van der Waals surface area contributed by atoms with Crippen molar-refractivity contribution in [2.75, 3.05) is 26.2 Å². The Morgan fingerprint density at radius 2 is 1.89 bits per heavy atom. The lowest BCUT2D eigenvalue weighted by Crippen LogP contribution is -2.48. The van der Waals surface area contributed by atoms with Gasteiger partial charge in [-0.3, -0.25) is 14.5 Å². The number of carbonyl (C=O) groups is 2. The normalized spacial score (nSPS) is 29.4. The van der Waals surface area contributed by atoms with E-state index in [4.69, 9.17) is 15.2 Å². The number of likely N-dealkylation sites (tertiary alicyclic amines) is 2. The van der Waals surface area contributed by atoms with Crippen LogP contribution in [0.2, 0.25) is 0 Å². The number of aliphatic hydroxyl groups excluding tert-OH is 1. The summed E-state index contributed by atoms with van der Waals surface area (Å²) < 4.78 is 0. The number of carbonyl (C=O) groups excluding carboxylic acids is 1. The minimum atomic E-state index is -0.277. The van der Waals surface area contributed by atoms with Crippen molar-refractivity contribution >= 4 is 12.4 Å². The van der Waals surface area contributed by atoms with Gasteiger partial charge in [0.2, 0.25) is 0 Å². The third-order valence-corrected chi connectivity index (χ3v) is 6.13. The van der Waals surface area contributed by atoms with E-state index in [-0.39, 0.29) is 30.2 Å². The van der Waals surface area contributed by atoms with Crippen molar-refractivity contribution in [2.45, 2.75) is 37.8 Å². The number of rotatable bonds is 2. The Kier molecular flexibility index (Phi) is 6.60. The predicted octanol–water partition coefficient (Wildman–Crippen LogP) is 0.961. The highest BCUT2D eigenvalue weighted by atomic mass is 16.3. The third kappa shape index (κ3) is 4.32. The van der Waals surface area contributed by atoms with Gasteiger partial charge in [-0.25, -0.2) is 4.98 Å². The number of nitriles is 1. The second kappa shape index (κ2) is 9.13. The summed E-state index contributed by atoms with van der Waals surface area (Å²) >= 11 is 0. The van der Waals surface area contributed by atoms with Gasteiger partial charge >= 0.3 is 0 Å². The lowest BCUT2D eigenvalue weighted by atomic mass is 9.77. The molecule has 4 rings (SSSR count). The number of aliphatic hydroxyl groups is 1. The van der Waals surface area contributed by atoms with Crippen LogP contribution in [0.4, 0.5) is 0 Å². The van der Waals surface area contributed by atoms with Crippen molar-refractivity contribution in [1.29, 1.82) is 5.26 Å². The molecule has 0 spiro atoms. The molecule has 8 heteroatoms. The Labute approximate surface area is 164 Å². The van der Waals surface area contributed by atoms with Crippen molar-refractivity contribution in [3.63, 3.8) is 0 Å². The maximum absolute atomic E-state index is 12.8. The zero-order valence-corrected chi connectivity index (χ0v) is 15.8. The quantitative estimate of drug-likeness (QED) is 0.727. The van der Waals surface area contributed by atoms with Gasteiger partial charge in [0.1, 0.15) is 11.8 Å². The van der Waals surface area contributed by atoms with E-state index in [9.17, 15) is 9.90 Å². The molecule has 3 aliphatic rings. The summed E-state index contributed by atoms with van der Waals surface area (Å²) in [7, 11) is 0. The number of fused-ring (bicyclic) bond motifs is 1. The summed E-state index contributed by atoms with van der Waals surface area (Å²) in [5, 5.41) is 26.5. The fourth-order valence-electron chi connectivity index (χ4n) is 4.85. The zero-order valence-electron chi connectivity index (χ0n) is 15.8. The fraction of sp³-hybridized carbons (Fsp3) is 0.600. The molecule has 3 heterocycles. The summed E-state index contributed by atoms with van der Waals surface area (Å²) in [6, 6.07) is 5.48. The molecule has 4 atom stereocenters. The van der Waals surface area contributed by atoms with Gasteiger partial charge in [-0.2, -0.15) is 5.26 Å². The Morgan fingerprint density at radius 3 is 2.54 bits per heavy atom. The van der Waals surface area contributed by atoms with E-state index < -0.39 is 0 Å². The molecule has 150 valence electrons. The van der Waals surface area contributed by atoms with Gasteiger partial charge < -0.3 is 15.1 Å². The molecular weight excluding hydrogens is 360 g/mol. The molecule has 1 aromatic heterocycles. The van der Waals surface area contributed by atoms with Crippen molar-refractivity contribution in [2.24, 2.45) is 11.8 Å². The molecule has 0 radical (unpaired) electrons. The molecule has 2 saturated heterocycles. The number of hydrogen-bond donors (Lipinski definition) is 2. The average molecular weight is 386 g/mol. The summed E-state index contributed by atoms with van der Waals surface area (Å²) in [4.78, 5) is 29.4. The van der Waals surface area contributed by atoms with Crippen LogP contribution in [0.3, 0.4) is 0 Å². The highest BCUT2D eigenvalue weighted by Crippen LogP contribution is 2.39. The standard InChI is InChI=1S/C19H24N4O2.CH2O2/c20-10-16-7-13(3-4-21-16)19(25)23-11-14-8-17(22-5-1-2-6-22)18(24)9-15(14)12-23;2-1-3/h3-4,7,14-15,17-18,24H,1-2,5-6,8-9,11-12H2;1H,(H,2,3)/t14-,15+,17-,18-;/m1./s1. The Bertz CT molecular complexity index is 744. The zero-order chi connectivity index (χ0) is 20.1. The van der Waals surface area contributed by atoms with Gasteiger partial charge in [0.15, 0.2) is 0 Å². The lowest BCUT2D eigenvalue weighted by molar-refractivity contribution is -0.122. The summed E-state index contributed by atoms with van der Waals surface area (Å²) in [6.07, 6.45) is 5.46. The largest absolute Gasteiger partial charge is 0.483 e. The minimum Gasteiger partial charge on any atom is -0.483 e. The molecule has 1 aliphatic carbocycles. The minimum absolute atomic E-state index is 0.0273. The second-order valence-corrected chi connectivity index (χ2v) is 7.73. The van der Waals surface area contributed by atoms with Crippen LogP contribution < -0.4 is 0 Å². The second-order valence-electron chi connectivity index (χ2n) is 7.73. The lowest BCUT2D eigenvalue weighted by Gasteiger charge is -2.40. The van der Waals surface area contributed by atoms with Crippen molar-refractivity contribution < 1.29 is 19.8 Å². The molecule has 3 fully saturated rings. The van der Waals surface area contributed by atoms with E-state index >= 15 is 0 Å². The van der Waals surface area contributed by atoms with Crippen LogP contribution in [-0.2, 0) is 4.79 Å². The molecule has 1 amide bonds. The van der Waals surface area contributed by atoms with E-state index in [1.165, 1.54) is 19.0 Å². The third-order valence-electron chi connectivity index (χ3n) is 6.13. The van der Waals surface area contributed by atoms with E-state index in [0.717, 1.165) is 32.5 Å². The predicted molar refractivity (Wildman–Crippen MR) is 100 cm³/mol. The Balaban J connectivity index is 0.000000706. The molecule has 0 aromatic carbocycles. The van der Waals surface area contributed by atoms with Gasteiger partial charge in [-0.15, -0.1) is 0 Å². The first-order valence-electron chi connectivity index (χ1n) is 9.72. The number of pyridine rings is 1. The highest BCUT2D eigenvalue weighted by molar-refractivity contribution is 5.94. The van der Waals surface area contributed by atoms with Crippen molar-refractivity contribution in [3.05, 3.63) is 29.6 Å². The number of nitrogens with zero attached hydrogens (tertiary/aromatic N) is 4. The molecule has 8 nitrogen and oxygen atoms in total. The van der Waals surface area contributed by atoms with E-state index in [1.807, 2.05) is 11.0 Å². The SMILES string of the molecule is N#Cc1cc(C(=O)N2C[C@H]3C[C@@H](N4CCCC4)[C@H](O)C[C@H]3C2)ccn1.O=CO. The van der Waals surface area contributed by atoms with Crippen LogP contribution in [0, 0.1) is 23.2 Å². The number of carboxylic acid groups (broad SMARTS) is 1. The molecule has 1 aromatic rings. The van der Waals surface area contributed by atoms with Crippen LogP contribution >= 0.6 is 0 Å². The van der Waals surface area contributed by atoms with E-state index in [0.29, 0.717) is 23.9 Å². The number of amides is 1. The first kappa shape index (κ1) is 20.2. The van der Waals surface area contributed by atoms with Crippen molar-refractivity contribution in [3.8, 4) is 6.07 Å². The van der Waals surface area contributed by atoms with Crippen LogP contribution in [0.1, 0.15) is 41.7 Å². The maximum atomic E-state index is 12.8. The fourth-order valence-corrected chi connectivity index (χ4v) is 4.85. The highest BCUT2D eigenvalue weighted by Gasteiger charge is 2.44. The van der Waals surface area contributed by atoms with E-state index in [2.05, 4.69) is 9.88 Å². The molecule has 1 saturated carbocycles. The maximum Gasteiger partial charge on any atom is 0.290 e. The Hall–Kier alpha value is -2.50. The van der Waals surface area contributed by atoms with Crippen LogP contribution in [0.5, 0.6) is 0 Å². The summed E-state index contributed by atoms with van der Waals surface area (Å²) in [5.41, 5.74) is 0.800. The average Bonchev–Trinajstić information content (AvgIpc) is 3.37. The van der Waals surface area contributed by atoms with Crippen molar-refractivity contribution in [1.82, 2.24) is 14.8 Å². The van der Waals surface area contributed by atoms with Gasteiger partial charge in [-0.05, 0) is 62.7 Å². The monoisotopic (exact) mass is 386 g/mol. The topological polar surface area (TPSA) is 118 Å². The van der Waals surface area contributed by atoms with E-state index in [1.54, 1.807) is 12.1 Å². The van der Waals surface area contributed by atoms with Gasteiger partial charge in [0.05, 0.1) is 6.10 Å². The number of hydrogen-bond acceptors (Lipinski definition) is 6. The first-order valence-corrected chi connectivity index (χ1v) is 9.72. The van der Waals surface area contributed by atoms with Crippen LogP contribution in [0.25, 0.3) is 0 Å². The molecule has 28 heavy (non-hydrogen) atoms.